The van der Waals surface area contributed by atoms with Crippen LogP contribution in [0, 0.1) is 11.8 Å². The third-order valence-electron chi connectivity index (χ3n) is 7.03. The average Bonchev–Trinajstić information content (AvgIpc) is 3.39. The Balaban J connectivity index is 0.000000183. The number of nitrogens with zero attached hydrogens (tertiary/aromatic N) is 1. The minimum Gasteiger partial charge on any atom is -0.481 e. The lowest BCUT2D eigenvalue weighted by Gasteiger charge is -2.22. The predicted octanol–water partition coefficient (Wildman–Crippen LogP) is 5.66. The van der Waals surface area contributed by atoms with Crippen LogP contribution in [0.2, 0.25) is 5.02 Å². The first-order valence-corrected chi connectivity index (χ1v) is 15.4. The number of primary amides is 1. The number of hydrogen-bond acceptors (Lipinski definition) is 6. The van der Waals surface area contributed by atoms with Crippen molar-refractivity contribution in [1.29, 1.82) is 0 Å². The zero-order valence-corrected chi connectivity index (χ0v) is 25.3. The lowest BCUT2D eigenvalue weighted by molar-refractivity contribution is -0.138. The van der Waals surface area contributed by atoms with Crippen LogP contribution in [0.15, 0.2) is 65.5 Å². The van der Waals surface area contributed by atoms with E-state index in [1.165, 1.54) is 30.6 Å². The second kappa shape index (κ2) is 16.7. The number of rotatable bonds is 10. The fourth-order valence-electron chi connectivity index (χ4n) is 4.60. The summed E-state index contributed by atoms with van der Waals surface area (Å²) < 4.78 is 1.02. The van der Waals surface area contributed by atoms with Crippen LogP contribution in [0.25, 0.3) is 10.2 Å². The number of nitrogens with one attached hydrogen (secondary N) is 2. The Hall–Kier alpha value is -3.63. The minimum absolute atomic E-state index is 0.0150. The molecule has 11 heteroatoms. The second-order valence-electron chi connectivity index (χ2n) is 10.3. The van der Waals surface area contributed by atoms with Crippen molar-refractivity contribution in [1.82, 2.24) is 9.88 Å². The van der Waals surface area contributed by atoms with Gasteiger partial charge < -0.3 is 26.0 Å². The maximum absolute atomic E-state index is 12.0. The molecule has 0 radical (unpaired) electrons. The van der Waals surface area contributed by atoms with E-state index in [0.717, 1.165) is 35.2 Å². The predicted molar refractivity (Wildman–Crippen MR) is 169 cm³/mol. The van der Waals surface area contributed by atoms with E-state index in [4.69, 9.17) is 22.4 Å². The molecule has 9 nitrogen and oxygen atoms in total. The quantitative estimate of drug-likeness (QED) is 0.171. The molecule has 3 atom stereocenters. The van der Waals surface area contributed by atoms with Gasteiger partial charge in [-0.2, -0.15) is 0 Å². The molecule has 1 saturated heterocycles. The van der Waals surface area contributed by atoms with Crippen LogP contribution in [0.5, 0.6) is 0 Å². The van der Waals surface area contributed by atoms with Gasteiger partial charge >= 0.3 is 10.8 Å². The third kappa shape index (κ3) is 10.6. The number of likely N-dealkylation sites (tertiary alicyclic amines) is 1. The molecule has 2 heterocycles. The zero-order valence-electron chi connectivity index (χ0n) is 23.8. The highest BCUT2D eigenvalue weighted by atomic mass is 35.5. The number of nitrogens with two attached hydrogens (primary N) is 1. The molecule has 3 unspecified atom stereocenters. The molecule has 2 amide bonds. The van der Waals surface area contributed by atoms with Gasteiger partial charge in [0.25, 0.3) is 0 Å². The van der Waals surface area contributed by atoms with E-state index in [0.29, 0.717) is 23.9 Å². The van der Waals surface area contributed by atoms with Gasteiger partial charge in [0.05, 0.1) is 22.7 Å². The Morgan fingerprint density at radius 1 is 1.17 bits per heavy atom. The maximum Gasteiger partial charge on any atom is 0.307 e. The average molecular weight is 615 g/mol. The number of hydrogen-bond donors (Lipinski definition) is 4. The first-order chi connectivity index (χ1) is 20.2. The summed E-state index contributed by atoms with van der Waals surface area (Å²) in [5.41, 5.74) is 7.02. The number of aromatic nitrogens is 1. The zero-order chi connectivity index (χ0) is 30.5. The Morgan fingerprint density at radius 2 is 1.90 bits per heavy atom. The van der Waals surface area contributed by atoms with Crippen molar-refractivity contribution in [2.24, 2.45) is 17.6 Å². The van der Waals surface area contributed by atoms with E-state index < -0.39 is 17.9 Å². The van der Waals surface area contributed by atoms with Crippen LogP contribution in [0.1, 0.15) is 51.9 Å². The normalized spacial score (nSPS) is 19.0. The van der Waals surface area contributed by atoms with Crippen LogP contribution < -0.4 is 15.9 Å². The van der Waals surface area contributed by atoms with Crippen LogP contribution in [-0.2, 0) is 14.4 Å². The molecule has 1 saturated carbocycles. The minimum atomic E-state index is -0.636. The number of H-pyrrole nitrogens is 1. The smallest absolute Gasteiger partial charge is 0.307 e. The number of amides is 2. The van der Waals surface area contributed by atoms with Crippen molar-refractivity contribution >= 4 is 56.6 Å². The van der Waals surface area contributed by atoms with Crippen molar-refractivity contribution < 1.29 is 19.5 Å². The molecular weight excluding hydrogens is 576 g/mol. The number of allylic oxidation sites excluding steroid dienone is 2. The molecule has 0 spiro atoms. The summed E-state index contributed by atoms with van der Waals surface area (Å²) in [6.45, 7) is 2.92. The molecule has 0 bridgehead atoms. The van der Waals surface area contributed by atoms with Crippen LogP contribution in [0.3, 0.4) is 0 Å². The van der Waals surface area contributed by atoms with Gasteiger partial charge in [0.15, 0.2) is 0 Å². The lowest BCUT2D eigenvalue weighted by Crippen LogP contribution is -2.45. The van der Waals surface area contributed by atoms with Gasteiger partial charge in [-0.1, -0.05) is 67.0 Å². The SMILES string of the molecule is CCCCC/C=C\C1CC1C(=O)O.NC(=O)C1CCCN1C(=O)CNc1ccc(Cl)cc1.O=c1[nH]c2ccccc2s1. The third-order valence-corrected chi connectivity index (χ3v) is 8.15. The van der Waals surface area contributed by atoms with Gasteiger partial charge in [-0.3, -0.25) is 19.2 Å². The number of carboxylic acids is 1. The summed E-state index contributed by atoms with van der Waals surface area (Å²) in [5, 5.41) is 12.3. The molecule has 1 aliphatic heterocycles. The number of carbonyl (C=O) groups is 3. The van der Waals surface area contributed by atoms with Crippen LogP contribution in [-0.4, -0.2) is 51.9 Å². The topological polar surface area (TPSA) is 146 Å². The first kappa shape index (κ1) is 32.9. The van der Waals surface area contributed by atoms with Gasteiger partial charge in [0, 0.05) is 17.3 Å². The van der Waals surface area contributed by atoms with Gasteiger partial charge in [0.1, 0.15) is 6.04 Å². The summed E-state index contributed by atoms with van der Waals surface area (Å²) in [7, 11) is 0. The highest BCUT2D eigenvalue weighted by Crippen LogP contribution is 2.39. The number of aliphatic carboxylic acids is 1. The van der Waals surface area contributed by atoms with Crippen molar-refractivity contribution in [3.05, 3.63) is 75.4 Å². The number of halogens is 1. The number of aromatic amines is 1. The molecule has 42 heavy (non-hydrogen) atoms. The number of unbranched alkanes of at least 4 members (excludes halogenated alkanes) is 3. The summed E-state index contributed by atoms with van der Waals surface area (Å²) in [6.07, 6.45) is 11.4. The van der Waals surface area contributed by atoms with E-state index >= 15 is 0 Å². The molecule has 3 aromatic rings. The van der Waals surface area contributed by atoms with Crippen LogP contribution in [0.4, 0.5) is 5.69 Å². The van der Waals surface area contributed by atoms with Gasteiger partial charge in [0.2, 0.25) is 11.8 Å². The number of anilines is 1. The molecule has 226 valence electrons. The Bertz CT molecular complexity index is 1370. The van der Waals surface area contributed by atoms with E-state index in [-0.39, 0.29) is 23.2 Å². The Labute approximate surface area is 254 Å². The largest absolute Gasteiger partial charge is 0.481 e. The molecule has 1 aliphatic carbocycles. The van der Waals surface area contributed by atoms with Crippen molar-refractivity contribution in [3.63, 3.8) is 0 Å². The number of fused-ring (bicyclic) bond motifs is 1. The summed E-state index contributed by atoms with van der Waals surface area (Å²) in [4.78, 5) is 48.8. The van der Waals surface area contributed by atoms with Crippen LogP contribution >= 0.6 is 22.9 Å². The lowest BCUT2D eigenvalue weighted by atomic mass is 10.2. The summed E-state index contributed by atoms with van der Waals surface area (Å²) in [6, 6.07) is 14.3. The number of para-hydroxylation sites is 1. The van der Waals surface area contributed by atoms with Gasteiger partial charge in [-0.25, -0.2) is 0 Å². The number of thiazole rings is 1. The van der Waals surface area contributed by atoms with E-state index in [1.54, 1.807) is 29.2 Å². The fraction of sp³-hybridized carbons (Fsp3) is 0.419. The van der Waals surface area contributed by atoms with Crippen molar-refractivity contribution in [3.8, 4) is 0 Å². The Morgan fingerprint density at radius 3 is 2.55 bits per heavy atom. The standard InChI is InChI=1S/C13H16ClN3O2.C11H18O2.C7H5NOS/c14-9-3-5-10(6-4-9)16-8-12(18)17-7-1-2-11(17)13(15)19;1-2-3-4-5-6-7-9-8-10(9)11(12)13;9-7-8-5-3-1-2-4-6(5)10-7/h3-6,11,16H,1-2,7-8H2,(H2,15,19);6-7,9-10H,2-5,8H2,1H3,(H,12,13);1-4H,(H,8,9)/b;7-6-;. The van der Waals surface area contributed by atoms with Gasteiger partial charge in [-0.15, -0.1) is 0 Å². The molecule has 2 fully saturated rings. The van der Waals surface area contributed by atoms with Gasteiger partial charge in [-0.05, 0) is 74.4 Å². The summed E-state index contributed by atoms with van der Waals surface area (Å²) in [5.74, 6) is -0.932. The first-order valence-electron chi connectivity index (χ1n) is 14.2. The molecular formula is C31H39ClN4O5S. The van der Waals surface area contributed by atoms with E-state index in [1.807, 2.05) is 24.3 Å². The molecule has 5 rings (SSSR count). The van der Waals surface area contributed by atoms with E-state index in [2.05, 4.69) is 29.4 Å². The highest BCUT2D eigenvalue weighted by molar-refractivity contribution is 7.16. The monoisotopic (exact) mass is 614 g/mol. The molecule has 2 aliphatic rings. The fourth-order valence-corrected chi connectivity index (χ4v) is 5.46. The summed E-state index contributed by atoms with van der Waals surface area (Å²) >= 11 is 7.02. The van der Waals surface area contributed by atoms with Crippen molar-refractivity contribution in [2.45, 2.75) is 57.9 Å². The maximum atomic E-state index is 12.0. The van der Waals surface area contributed by atoms with Crippen molar-refractivity contribution in [2.75, 3.05) is 18.4 Å². The van der Waals surface area contributed by atoms with E-state index in [9.17, 15) is 19.2 Å². The number of carbonyl (C=O) groups excluding carboxylic acids is 2. The Kier molecular flexibility index (Phi) is 13.1. The molecule has 2 aromatic carbocycles. The highest BCUT2D eigenvalue weighted by Gasteiger charge is 2.40. The molecule has 5 N–H and O–H groups in total. The second-order valence-corrected chi connectivity index (χ2v) is 11.7. The molecule has 1 aromatic heterocycles. The number of carboxylic acid groups (broad SMARTS) is 1. The number of benzene rings is 2.